The van der Waals surface area contributed by atoms with Crippen molar-refractivity contribution in [3.63, 3.8) is 0 Å². The molecule has 1 aromatic heterocycles. The van der Waals surface area contributed by atoms with E-state index in [0.717, 1.165) is 5.69 Å². The van der Waals surface area contributed by atoms with Crippen molar-refractivity contribution in [3.8, 4) is 0 Å². The van der Waals surface area contributed by atoms with Crippen LogP contribution in [-0.2, 0) is 6.42 Å². The zero-order chi connectivity index (χ0) is 7.40. The summed E-state index contributed by atoms with van der Waals surface area (Å²) in [6.45, 7) is 0. The smallest absolute Gasteiger partial charge is 0.0966 e. The van der Waals surface area contributed by atoms with Crippen molar-refractivity contribution in [1.82, 2.24) is 4.98 Å². The molecule has 1 heterocycles. The first-order valence-corrected chi connectivity index (χ1v) is 3.02. The van der Waals surface area contributed by atoms with E-state index in [9.17, 15) is 0 Å². The van der Waals surface area contributed by atoms with Gasteiger partial charge in [0, 0.05) is 18.3 Å². The first kappa shape index (κ1) is 6.74. The Morgan fingerprint density at radius 1 is 1.60 bits per heavy atom. The molecule has 1 rings (SSSR count). The zero-order valence-corrected chi connectivity index (χ0v) is 5.54. The van der Waals surface area contributed by atoms with Gasteiger partial charge in [0.2, 0.25) is 0 Å². The first-order valence-electron chi connectivity index (χ1n) is 3.02. The summed E-state index contributed by atoms with van der Waals surface area (Å²) in [5.41, 5.74) is 6.01. The molecule has 0 saturated heterocycles. The molecule has 3 N–H and O–H groups in total. The normalized spacial score (nSPS) is 9.20. The standard InChI is InChI=1S/C7H9N3/c8-7(9)5-6-3-1-2-4-10-6/h1-4H,5H2,(H3,8,9). The largest absolute Gasteiger partial charge is 0.387 e. The van der Waals surface area contributed by atoms with Gasteiger partial charge in [0.05, 0.1) is 5.84 Å². The Hall–Kier alpha value is -1.38. The van der Waals surface area contributed by atoms with Gasteiger partial charge < -0.3 is 5.73 Å². The van der Waals surface area contributed by atoms with E-state index in [1.165, 1.54) is 0 Å². The van der Waals surface area contributed by atoms with Crippen LogP contribution in [0.15, 0.2) is 24.4 Å². The van der Waals surface area contributed by atoms with Gasteiger partial charge in [0.25, 0.3) is 0 Å². The average Bonchev–Trinajstić information content (AvgIpc) is 1.88. The topological polar surface area (TPSA) is 62.8 Å². The Bertz CT molecular complexity index is 218. The van der Waals surface area contributed by atoms with Crippen LogP contribution in [0.3, 0.4) is 0 Å². The predicted octanol–water partition coefficient (Wildman–Crippen LogP) is 0.560. The number of nitrogens with two attached hydrogens (primary N) is 1. The van der Waals surface area contributed by atoms with Gasteiger partial charge >= 0.3 is 0 Å². The molecule has 0 aliphatic carbocycles. The molecule has 3 nitrogen and oxygen atoms in total. The lowest BCUT2D eigenvalue weighted by Crippen LogP contribution is -2.13. The predicted molar refractivity (Wildman–Crippen MR) is 39.9 cm³/mol. The van der Waals surface area contributed by atoms with Gasteiger partial charge in [-0.05, 0) is 12.1 Å². The van der Waals surface area contributed by atoms with Gasteiger partial charge in [-0.15, -0.1) is 0 Å². The third kappa shape index (κ3) is 1.85. The van der Waals surface area contributed by atoms with Crippen molar-refractivity contribution in [2.75, 3.05) is 0 Å². The average molecular weight is 135 g/mol. The molecule has 0 spiro atoms. The van der Waals surface area contributed by atoms with E-state index < -0.39 is 0 Å². The maximum Gasteiger partial charge on any atom is 0.0966 e. The number of rotatable bonds is 2. The molecule has 52 valence electrons. The van der Waals surface area contributed by atoms with Crippen molar-refractivity contribution >= 4 is 5.84 Å². The lowest BCUT2D eigenvalue weighted by molar-refractivity contribution is 1.12. The molecule has 0 aliphatic rings. The van der Waals surface area contributed by atoms with Crippen molar-refractivity contribution in [2.24, 2.45) is 5.73 Å². The summed E-state index contributed by atoms with van der Waals surface area (Å²) >= 11 is 0. The number of hydrogen-bond donors (Lipinski definition) is 2. The van der Waals surface area contributed by atoms with Crippen molar-refractivity contribution in [2.45, 2.75) is 6.42 Å². The molecule has 0 unspecified atom stereocenters. The van der Waals surface area contributed by atoms with Crippen LogP contribution in [0.1, 0.15) is 5.69 Å². The van der Waals surface area contributed by atoms with Crippen molar-refractivity contribution in [1.29, 1.82) is 5.41 Å². The quantitative estimate of drug-likeness (QED) is 0.459. The Morgan fingerprint density at radius 2 is 2.40 bits per heavy atom. The Morgan fingerprint density at radius 3 is 2.90 bits per heavy atom. The highest BCUT2D eigenvalue weighted by Gasteiger charge is 1.92. The summed E-state index contributed by atoms with van der Waals surface area (Å²) in [4.78, 5) is 4.00. The number of amidine groups is 1. The molecular weight excluding hydrogens is 126 g/mol. The second kappa shape index (κ2) is 2.96. The maximum absolute atomic E-state index is 6.97. The van der Waals surface area contributed by atoms with Gasteiger partial charge in [0.15, 0.2) is 0 Å². The third-order valence-electron chi connectivity index (χ3n) is 1.10. The van der Waals surface area contributed by atoms with Gasteiger partial charge in [-0.2, -0.15) is 0 Å². The number of pyridine rings is 1. The van der Waals surface area contributed by atoms with Gasteiger partial charge in [-0.1, -0.05) is 6.07 Å². The van der Waals surface area contributed by atoms with Gasteiger partial charge in [-0.25, -0.2) is 0 Å². The van der Waals surface area contributed by atoms with E-state index in [0.29, 0.717) is 6.42 Å². The minimum atomic E-state index is 0.152. The molecule has 0 radical (unpaired) electrons. The maximum atomic E-state index is 6.97. The molecule has 0 fully saturated rings. The van der Waals surface area contributed by atoms with E-state index in [4.69, 9.17) is 11.1 Å². The molecule has 3 heteroatoms. The van der Waals surface area contributed by atoms with Crippen LogP contribution in [0.25, 0.3) is 0 Å². The lowest BCUT2D eigenvalue weighted by Gasteiger charge is -1.94. The fourth-order valence-corrected chi connectivity index (χ4v) is 0.698. The van der Waals surface area contributed by atoms with Crippen LogP contribution in [0, 0.1) is 5.41 Å². The monoisotopic (exact) mass is 135 g/mol. The number of hydrogen-bond acceptors (Lipinski definition) is 2. The zero-order valence-electron chi connectivity index (χ0n) is 5.54. The molecule has 0 bridgehead atoms. The summed E-state index contributed by atoms with van der Waals surface area (Å²) in [5, 5.41) is 6.97. The van der Waals surface area contributed by atoms with E-state index >= 15 is 0 Å². The molecule has 0 saturated carbocycles. The summed E-state index contributed by atoms with van der Waals surface area (Å²) in [5.74, 6) is 0.152. The van der Waals surface area contributed by atoms with Crippen molar-refractivity contribution < 1.29 is 0 Å². The first-order chi connectivity index (χ1) is 4.79. The number of aromatic nitrogens is 1. The van der Waals surface area contributed by atoms with E-state index in [-0.39, 0.29) is 5.84 Å². The van der Waals surface area contributed by atoms with Crippen molar-refractivity contribution in [3.05, 3.63) is 30.1 Å². The third-order valence-corrected chi connectivity index (χ3v) is 1.10. The minimum absolute atomic E-state index is 0.152. The number of nitrogens with one attached hydrogen (secondary N) is 1. The SMILES string of the molecule is N=C(N)Cc1ccccn1. The highest BCUT2D eigenvalue weighted by atomic mass is 14.7. The molecule has 0 amide bonds. The van der Waals surface area contributed by atoms with E-state index in [1.807, 2.05) is 18.2 Å². The highest BCUT2D eigenvalue weighted by molar-refractivity contribution is 5.78. The fourth-order valence-electron chi connectivity index (χ4n) is 0.698. The van der Waals surface area contributed by atoms with Gasteiger partial charge in [-0.3, -0.25) is 10.4 Å². The van der Waals surface area contributed by atoms with Crippen LogP contribution in [0.5, 0.6) is 0 Å². The fraction of sp³-hybridized carbons (Fsp3) is 0.143. The Balaban J connectivity index is 2.67. The molecule has 10 heavy (non-hydrogen) atoms. The second-order valence-electron chi connectivity index (χ2n) is 2.02. The second-order valence-corrected chi connectivity index (χ2v) is 2.02. The summed E-state index contributed by atoms with van der Waals surface area (Å²) < 4.78 is 0. The van der Waals surface area contributed by atoms with Crippen LogP contribution in [0.2, 0.25) is 0 Å². The van der Waals surface area contributed by atoms with Gasteiger partial charge in [0.1, 0.15) is 0 Å². The highest BCUT2D eigenvalue weighted by Crippen LogP contribution is 1.92. The van der Waals surface area contributed by atoms with E-state index in [1.54, 1.807) is 6.20 Å². The van der Waals surface area contributed by atoms with Crippen LogP contribution >= 0.6 is 0 Å². The summed E-state index contributed by atoms with van der Waals surface area (Å²) in [7, 11) is 0. The van der Waals surface area contributed by atoms with E-state index in [2.05, 4.69) is 4.98 Å². The molecule has 0 aliphatic heterocycles. The summed E-state index contributed by atoms with van der Waals surface area (Å²) in [6, 6.07) is 5.57. The van der Waals surface area contributed by atoms with Crippen LogP contribution in [0.4, 0.5) is 0 Å². The summed E-state index contributed by atoms with van der Waals surface area (Å²) in [6.07, 6.45) is 2.14. The molecule has 0 aromatic carbocycles. The molecule has 0 atom stereocenters. The Labute approximate surface area is 59.4 Å². The molecular formula is C7H9N3. The van der Waals surface area contributed by atoms with Crippen LogP contribution in [-0.4, -0.2) is 10.8 Å². The van der Waals surface area contributed by atoms with Crippen LogP contribution < -0.4 is 5.73 Å². The number of nitrogens with zero attached hydrogens (tertiary/aromatic N) is 1. The molecule has 1 aromatic rings. The Kier molecular flexibility index (Phi) is 1.99. The minimum Gasteiger partial charge on any atom is -0.387 e. The lowest BCUT2D eigenvalue weighted by atomic mass is 10.2.